The molecule has 27 heavy (non-hydrogen) atoms. The van der Waals surface area contributed by atoms with Crippen LogP contribution in [0.15, 0.2) is 51.8 Å². The van der Waals surface area contributed by atoms with Gasteiger partial charge in [0.1, 0.15) is 6.07 Å². The van der Waals surface area contributed by atoms with E-state index in [2.05, 4.69) is 15.9 Å². The molecule has 0 saturated carbocycles. The fraction of sp³-hybridized carbons (Fsp3) is 0.263. The minimum Gasteiger partial charge on any atom is -0.450 e. The first kappa shape index (κ1) is 20.9. The first-order valence-electron chi connectivity index (χ1n) is 8.13. The predicted molar refractivity (Wildman–Crippen MR) is 106 cm³/mol. The van der Waals surface area contributed by atoms with Gasteiger partial charge in [-0.05, 0) is 61.4 Å². The molecule has 0 aliphatic heterocycles. The number of carbonyl (C=O) groups excluding carboxylic acids is 1. The summed E-state index contributed by atoms with van der Waals surface area (Å²) in [6.07, 6.45) is -0.162. The van der Waals surface area contributed by atoms with Gasteiger partial charge in [-0.1, -0.05) is 22.0 Å². The smallest absolute Gasteiger partial charge is 0.308 e. The van der Waals surface area contributed by atoms with Gasteiger partial charge in [0, 0.05) is 11.0 Å². The second-order valence-electron chi connectivity index (χ2n) is 5.95. The number of hydrogen-bond acceptors (Lipinski definition) is 5. The monoisotopic (exact) mass is 450 g/mol. The molecule has 0 aliphatic rings. The standard InChI is InChI=1S/C19H19BrN2O4S/c1-14-11-15(2)13-17(12-14)22(9-7-19(23)26-10-8-21)27(24,25)18-5-3-16(20)4-6-18/h3-6,11-13H,7,9-10H2,1-2H3. The zero-order chi connectivity index (χ0) is 20.0. The van der Waals surface area contributed by atoms with Crippen molar-refractivity contribution >= 4 is 37.6 Å². The Kier molecular flexibility index (Phi) is 6.99. The molecule has 0 aliphatic carbocycles. The molecule has 8 heteroatoms. The number of anilines is 1. The fourth-order valence-corrected chi connectivity index (χ4v) is 4.31. The number of benzene rings is 2. The summed E-state index contributed by atoms with van der Waals surface area (Å²) in [6.45, 7) is 3.30. The van der Waals surface area contributed by atoms with E-state index in [4.69, 9.17) is 10.00 Å². The summed E-state index contributed by atoms with van der Waals surface area (Å²) in [4.78, 5) is 11.9. The second-order valence-corrected chi connectivity index (χ2v) is 8.72. The van der Waals surface area contributed by atoms with Crippen molar-refractivity contribution in [2.24, 2.45) is 0 Å². The molecule has 2 aromatic carbocycles. The molecule has 0 heterocycles. The van der Waals surface area contributed by atoms with E-state index in [-0.39, 0.29) is 24.5 Å². The number of nitriles is 1. The van der Waals surface area contributed by atoms with Gasteiger partial charge in [-0.25, -0.2) is 8.42 Å². The molecule has 6 nitrogen and oxygen atoms in total. The minimum atomic E-state index is -3.88. The van der Waals surface area contributed by atoms with Crippen LogP contribution in [0.5, 0.6) is 0 Å². The number of ether oxygens (including phenoxy) is 1. The summed E-state index contributed by atoms with van der Waals surface area (Å²) < 4.78 is 33.1. The van der Waals surface area contributed by atoms with Gasteiger partial charge in [0.2, 0.25) is 0 Å². The lowest BCUT2D eigenvalue weighted by Crippen LogP contribution is -2.33. The molecule has 0 bridgehead atoms. The van der Waals surface area contributed by atoms with Gasteiger partial charge in [0.25, 0.3) is 10.0 Å². The van der Waals surface area contributed by atoms with E-state index >= 15 is 0 Å². The van der Waals surface area contributed by atoms with E-state index in [0.29, 0.717) is 5.69 Å². The molecule has 0 unspecified atom stereocenters. The molecule has 0 saturated heterocycles. The first-order valence-corrected chi connectivity index (χ1v) is 10.4. The Morgan fingerprint density at radius 2 is 1.74 bits per heavy atom. The van der Waals surface area contributed by atoms with Gasteiger partial charge in [0.15, 0.2) is 6.61 Å². The summed E-state index contributed by atoms with van der Waals surface area (Å²) >= 11 is 3.29. The van der Waals surface area contributed by atoms with E-state index in [1.807, 2.05) is 19.9 Å². The van der Waals surface area contributed by atoms with Crippen molar-refractivity contribution in [3.05, 3.63) is 58.1 Å². The van der Waals surface area contributed by atoms with E-state index < -0.39 is 16.0 Å². The summed E-state index contributed by atoms with van der Waals surface area (Å²) in [5.41, 5.74) is 2.30. The van der Waals surface area contributed by atoms with Crippen LogP contribution in [0.2, 0.25) is 0 Å². The molecule has 0 atom stereocenters. The third-order valence-corrected chi connectivity index (χ3v) is 6.08. The maximum atomic E-state index is 13.2. The number of carbonyl (C=O) groups is 1. The Morgan fingerprint density at radius 1 is 1.15 bits per heavy atom. The molecule has 0 amide bonds. The van der Waals surface area contributed by atoms with Crippen LogP contribution in [0.3, 0.4) is 0 Å². The Morgan fingerprint density at radius 3 is 2.30 bits per heavy atom. The van der Waals surface area contributed by atoms with Crippen LogP contribution in [0, 0.1) is 25.2 Å². The van der Waals surface area contributed by atoms with Crippen molar-refractivity contribution in [1.29, 1.82) is 5.26 Å². The number of rotatable bonds is 7. The third-order valence-electron chi connectivity index (χ3n) is 3.71. The number of halogens is 1. The minimum absolute atomic E-state index is 0.0917. The molecule has 142 valence electrons. The summed E-state index contributed by atoms with van der Waals surface area (Å²) in [6, 6.07) is 13.5. The number of aryl methyl sites for hydroxylation is 2. The number of sulfonamides is 1. The van der Waals surface area contributed by atoms with E-state index in [1.54, 1.807) is 30.3 Å². The SMILES string of the molecule is Cc1cc(C)cc(N(CCC(=O)OCC#N)S(=O)(=O)c2ccc(Br)cc2)c1. The Hall–Kier alpha value is -2.37. The van der Waals surface area contributed by atoms with Gasteiger partial charge in [-0.15, -0.1) is 0 Å². The quantitative estimate of drug-likeness (QED) is 0.599. The van der Waals surface area contributed by atoms with Gasteiger partial charge in [-0.2, -0.15) is 5.26 Å². The summed E-state index contributed by atoms with van der Waals surface area (Å²) in [7, 11) is -3.88. The van der Waals surface area contributed by atoms with Crippen LogP contribution in [-0.4, -0.2) is 27.5 Å². The van der Waals surface area contributed by atoms with Gasteiger partial charge < -0.3 is 4.74 Å². The highest BCUT2D eigenvalue weighted by Gasteiger charge is 2.26. The third kappa shape index (κ3) is 5.55. The average molecular weight is 451 g/mol. The van der Waals surface area contributed by atoms with Crippen LogP contribution in [-0.2, 0) is 19.6 Å². The van der Waals surface area contributed by atoms with Crippen LogP contribution < -0.4 is 4.31 Å². The van der Waals surface area contributed by atoms with E-state index in [9.17, 15) is 13.2 Å². The van der Waals surface area contributed by atoms with E-state index in [1.165, 1.54) is 16.4 Å². The van der Waals surface area contributed by atoms with Crippen LogP contribution in [0.4, 0.5) is 5.69 Å². The number of esters is 1. The average Bonchev–Trinajstić information content (AvgIpc) is 2.59. The second kappa shape index (κ2) is 9.02. The highest BCUT2D eigenvalue weighted by molar-refractivity contribution is 9.10. The number of nitrogens with zero attached hydrogens (tertiary/aromatic N) is 2. The van der Waals surface area contributed by atoms with Crippen molar-refractivity contribution in [2.75, 3.05) is 17.5 Å². The van der Waals surface area contributed by atoms with Crippen LogP contribution in [0.25, 0.3) is 0 Å². The van der Waals surface area contributed by atoms with Crippen molar-refractivity contribution in [3.8, 4) is 6.07 Å². The van der Waals surface area contributed by atoms with Crippen molar-refractivity contribution in [2.45, 2.75) is 25.2 Å². The van der Waals surface area contributed by atoms with Crippen molar-refractivity contribution in [1.82, 2.24) is 0 Å². The first-order chi connectivity index (χ1) is 12.7. The molecule has 2 aromatic rings. The topological polar surface area (TPSA) is 87.5 Å². The molecule has 0 fully saturated rings. The Labute approximate surface area is 167 Å². The lowest BCUT2D eigenvalue weighted by Gasteiger charge is -2.25. The highest BCUT2D eigenvalue weighted by Crippen LogP contribution is 2.27. The normalized spacial score (nSPS) is 10.9. The maximum Gasteiger partial charge on any atom is 0.308 e. The number of hydrogen-bond donors (Lipinski definition) is 0. The zero-order valence-corrected chi connectivity index (χ0v) is 17.4. The zero-order valence-electron chi connectivity index (χ0n) is 15.0. The van der Waals surface area contributed by atoms with Crippen molar-refractivity contribution < 1.29 is 17.9 Å². The predicted octanol–water partition coefficient (Wildman–Crippen LogP) is 3.72. The fourth-order valence-electron chi connectivity index (χ4n) is 2.59. The maximum absolute atomic E-state index is 13.2. The largest absolute Gasteiger partial charge is 0.450 e. The van der Waals surface area contributed by atoms with Crippen molar-refractivity contribution in [3.63, 3.8) is 0 Å². The van der Waals surface area contributed by atoms with Gasteiger partial charge >= 0.3 is 5.97 Å². The summed E-state index contributed by atoms with van der Waals surface area (Å²) in [5, 5.41) is 8.49. The lowest BCUT2D eigenvalue weighted by atomic mass is 10.1. The lowest BCUT2D eigenvalue weighted by molar-refractivity contribution is -0.141. The molecule has 0 aromatic heterocycles. The molecule has 0 radical (unpaired) electrons. The van der Waals surface area contributed by atoms with E-state index in [0.717, 1.165) is 15.6 Å². The van der Waals surface area contributed by atoms with Crippen LogP contribution >= 0.6 is 15.9 Å². The Balaban J connectivity index is 2.41. The Bertz CT molecular complexity index is 946. The summed E-state index contributed by atoms with van der Waals surface area (Å²) in [5.74, 6) is -0.628. The van der Waals surface area contributed by atoms with Gasteiger partial charge in [-0.3, -0.25) is 9.10 Å². The van der Waals surface area contributed by atoms with Crippen LogP contribution in [0.1, 0.15) is 17.5 Å². The molecule has 2 rings (SSSR count). The molecular formula is C19H19BrN2O4S. The van der Waals surface area contributed by atoms with Gasteiger partial charge in [0.05, 0.1) is 17.0 Å². The molecule has 0 N–H and O–H groups in total. The molecule has 0 spiro atoms. The molecular weight excluding hydrogens is 432 g/mol. The highest BCUT2D eigenvalue weighted by atomic mass is 79.9.